The van der Waals surface area contributed by atoms with Crippen molar-refractivity contribution in [2.75, 3.05) is 30.4 Å². The third kappa shape index (κ3) is 3.76. The van der Waals surface area contributed by atoms with Crippen molar-refractivity contribution in [3.05, 3.63) is 36.4 Å². The van der Waals surface area contributed by atoms with Gasteiger partial charge in [-0.25, -0.2) is 14.4 Å². The smallest absolute Gasteiger partial charge is 0.228 e. The summed E-state index contributed by atoms with van der Waals surface area (Å²) in [6.07, 6.45) is 4.11. The molecule has 8 heteroatoms. The molecule has 7 nitrogen and oxygen atoms in total. The molecule has 1 saturated heterocycles. The van der Waals surface area contributed by atoms with E-state index in [0.29, 0.717) is 43.6 Å². The first kappa shape index (κ1) is 16.1. The molecule has 2 aromatic heterocycles. The molecule has 2 aromatic rings. The molecule has 126 valence electrons. The molecule has 1 aliphatic rings. The monoisotopic (exact) mass is 331 g/mol. The Morgan fingerprint density at radius 1 is 1.29 bits per heavy atom. The van der Waals surface area contributed by atoms with Crippen LogP contribution in [0.4, 0.5) is 16.2 Å². The first-order valence-corrected chi connectivity index (χ1v) is 7.70. The van der Waals surface area contributed by atoms with Gasteiger partial charge in [-0.1, -0.05) is 0 Å². The first-order valence-electron chi connectivity index (χ1n) is 7.70. The molecule has 3 heterocycles. The molecule has 0 radical (unpaired) electrons. The number of methoxy groups -OCH3 is 1. The van der Waals surface area contributed by atoms with Crippen LogP contribution in [0.5, 0.6) is 5.88 Å². The Labute approximate surface area is 138 Å². The average molecular weight is 331 g/mol. The highest BCUT2D eigenvalue weighted by Gasteiger charge is 2.26. The number of carbonyl (C=O) groups excluding carboxylic acids is 1. The summed E-state index contributed by atoms with van der Waals surface area (Å²) in [6, 6.07) is 4.41. The van der Waals surface area contributed by atoms with E-state index in [9.17, 15) is 9.18 Å². The number of halogens is 1. The van der Waals surface area contributed by atoms with Gasteiger partial charge in [-0.15, -0.1) is 0 Å². The highest BCUT2D eigenvalue weighted by molar-refractivity contribution is 5.91. The van der Waals surface area contributed by atoms with Crippen molar-refractivity contribution in [3.63, 3.8) is 0 Å². The number of nitrogens with zero attached hydrogens (tertiary/aromatic N) is 4. The maximum absolute atomic E-state index is 12.8. The van der Waals surface area contributed by atoms with Gasteiger partial charge in [0.15, 0.2) is 0 Å². The molecular weight excluding hydrogens is 313 g/mol. The van der Waals surface area contributed by atoms with Crippen LogP contribution in [-0.4, -0.2) is 41.1 Å². The normalized spacial score (nSPS) is 15.2. The molecule has 1 amide bonds. The number of carbonyl (C=O) groups is 1. The fourth-order valence-corrected chi connectivity index (χ4v) is 2.62. The standard InChI is InChI=1S/C16H18FN5O2/c1-24-14-4-7-18-16(21-14)22-8-5-11(6-9-22)15(23)20-13-3-2-12(17)10-19-13/h2-4,7,10-11H,5-6,8-9H2,1H3,(H,19,20,23). The number of piperidine rings is 1. The highest BCUT2D eigenvalue weighted by atomic mass is 19.1. The van der Waals surface area contributed by atoms with Crippen molar-refractivity contribution < 1.29 is 13.9 Å². The lowest BCUT2D eigenvalue weighted by Crippen LogP contribution is -2.39. The Balaban J connectivity index is 1.56. The first-order chi connectivity index (χ1) is 11.7. The van der Waals surface area contributed by atoms with Crippen molar-refractivity contribution in [2.24, 2.45) is 5.92 Å². The predicted molar refractivity (Wildman–Crippen MR) is 86.3 cm³/mol. The molecule has 0 aliphatic carbocycles. The molecule has 1 aliphatic heterocycles. The maximum atomic E-state index is 12.8. The Morgan fingerprint density at radius 3 is 2.75 bits per heavy atom. The van der Waals surface area contributed by atoms with Gasteiger partial charge < -0.3 is 15.0 Å². The zero-order valence-corrected chi connectivity index (χ0v) is 13.3. The van der Waals surface area contributed by atoms with Crippen LogP contribution in [0.1, 0.15) is 12.8 Å². The lowest BCUT2D eigenvalue weighted by Gasteiger charge is -2.31. The minimum atomic E-state index is -0.431. The topological polar surface area (TPSA) is 80.2 Å². The molecule has 3 rings (SSSR count). The molecule has 0 spiro atoms. The van der Waals surface area contributed by atoms with Crippen LogP contribution < -0.4 is 15.0 Å². The van der Waals surface area contributed by atoms with Crippen molar-refractivity contribution >= 4 is 17.7 Å². The number of nitrogens with one attached hydrogen (secondary N) is 1. The van der Waals surface area contributed by atoms with Crippen molar-refractivity contribution in [3.8, 4) is 5.88 Å². The van der Waals surface area contributed by atoms with Gasteiger partial charge in [0.1, 0.15) is 11.6 Å². The number of hydrogen-bond acceptors (Lipinski definition) is 6. The quantitative estimate of drug-likeness (QED) is 0.921. The molecule has 0 unspecified atom stereocenters. The number of aromatic nitrogens is 3. The Bertz CT molecular complexity index is 702. The molecule has 24 heavy (non-hydrogen) atoms. The highest BCUT2D eigenvalue weighted by Crippen LogP contribution is 2.22. The SMILES string of the molecule is COc1ccnc(N2CCC(C(=O)Nc3ccc(F)cn3)CC2)n1. The van der Waals surface area contributed by atoms with E-state index < -0.39 is 5.82 Å². The molecule has 0 bridgehead atoms. The summed E-state index contributed by atoms with van der Waals surface area (Å²) in [6.45, 7) is 1.37. The van der Waals surface area contributed by atoms with Crippen LogP contribution in [-0.2, 0) is 4.79 Å². The predicted octanol–water partition coefficient (Wildman–Crippen LogP) is 1.87. The third-order valence-electron chi connectivity index (χ3n) is 3.95. The van der Waals surface area contributed by atoms with E-state index in [2.05, 4.69) is 20.3 Å². The van der Waals surface area contributed by atoms with Crippen molar-refractivity contribution in [1.82, 2.24) is 15.0 Å². The maximum Gasteiger partial charge on any atom is 0.228 e. The van der Waals surface area contributed by atoms with Gasteiger partial charge in [0.25, 0.3) is 0 Å². The van der Waals surface area contributed by atoms with Crippen LogP contribution in [0.2, 0.25) is 0 Å². The van der Waals surface area contributed by atoms with E-state index in [-0.39, 0.29) is 11.8 Å². The second kappa shape index (κ2) is 7.20. The summed E-state index contributed by atoms with van der Waals surface area (Å²) >= 11 is 0. The van der Waals surface area contributed by atoms with Crippen LogP contribution in [0.3, 0.4) is 0 Å². The fraction of sp³-hybridized carbons (Fsp3) is 0.375. The largest absolute Gasteiger partial charge is 0.481 e. The zero-order valence-electron chi connectivity index (χ0n) is 13.3. The number of rotatable bonds is 4. The van der Waals surface area contributed by atoms with Crippen LogP contribution >= 0.6 is 0 Å². The number of pyridine rings is 1. The summed E-state index contributed by atoms with van der Waals surface area (Å²) in [5.41, 5.74) is 0. The summed E-state index contributed by atoms with van der Waals surface area (Å²) < 4.78 is 17.9. The lowest BCUT2D eigenvalue weighted by molar-refractivity contribution is -0.120. The van der Waals surface area contributed by atoms with Crippen molar-refractivity contribution in [2.45, 2.75) is 12.8 Å². The van der Waals surface area contributed by atoms with E-state index in [1.54, 1.807) is 19.4 Å². The Hall–Kier alpha value is -2.77. The van der Waals surface area contributed by atoms with Gasteiger partial charge in [-0.3, -0.25) is 4.79 Å². The molecule has 1 N–H and O–H groups in total. The van der Waals surface area contributed by atoms with Gasteiger partial charge in [0.05, 0.1) is 13.3 Å². The number of amides is 1. The number of hydrogen-bond donors (Lipinski definition) is 1. The summed E-state index contributed by atoms with van der Waals surface area (Å²) in [5, 5.41) is 2.73. The third-order valence-corrected chi connectivity index (χ3v) is 3.95. The minimum Gasteiger partial charge on any atom is -0.481 e. The number of ether oxygens (including phenoxy) is 1. The van der Waals surface area contributed by atoms with E-state index in [0.717, 1.165) is 6.20 Å². The van der Waals surface area contributed by atoms with E-state index in [4.69, 9.17) is 4.74 Å². The summed E-state index contributed by atoms with van der Waals surface area (Å²) in [5.74, 6) is 0.842. The molecule has 0 aromatic carbocycles. The van der Waals surface area contributed by atoms with Gasteiger partial charge in [-0.2, -0.15) is 4.98 Å². The van der Waals surface area contributed by atoms with E-state index in [1.807, 2.05) is 4.90 Å². The van der Waals surface area contributed by atoms with Gasteiger partial charge in [-0.05, 0) is 25.0 Å². The molecule has 1 fully saturated rings. The summed E-state index contributed by atoms with van der Waals surface area (Å²) in [4.78, 5) is 26.7. The van der Waals surface area contributed by atoms with Crippen LogP contribution in [0.15, 0.2) is 30.6 Å². The van der Waals surface area contributed by atoms with Gasteiger partial charge >= 0.3 is 0 Å². The second-order valence-corrected chi connectivity index (χ2v) is 5.51. The van der Waals surface area contributed by atoms with Gasteiger partial charge in [0, 0.05) is 31.3 Å². The van der Waals surface area contributed by atoms with Crippen molar-refractivity contribution in [1.29, 1.82) is 0 Å². The Kier molecular flexibility index (Phi) is 4.83. The second-order valence-electron chi connectivity index (χ2n) is 5.51. The molecular formula is C16H18FN5O2. The fourth-order valence-electron chi connectivity index (χ4n) is 2.62. The zero-order chi connectivity index (χ0) is 16.9. The van der Waals surface area contributed by atoms with Gasteiger partial charge in [0.2, 0.25) is 17.7 Å². The lowest BCUT2D eigenvalue weighted by atomic mass is 9.96. The summed E-state index contributed by atoms with van der Waals surface area (Å²) in [7, 11) is 1.56. The molecule has 0 atom stereocenters. The molecule has 0 saturated carbocycles. The van der Waals surface area contributed by atoms with E-state index >= 15 is 0 Å². The van der Waals surface area contributed by atoms with Crippen LogP contribution in [0, 0.1) is 11.7 Å². The average Bonchev–Trinajstić information content (AvgIpc) is 2.64. The Morgan fingerprint density at radius 2 is 2.08 bits per heavy atom. The number of anilines is 2. The minimum absolute atomic E-state index is 0.0969. The van der Waals surface area contributed by atoms with Crippen LogP contribution in [0.25, 0.3) is 0 Å². The van der Waals surface area contributed by atoms with E-state index in [1.165, 1.54) is 12.1 Å².